The van der Waals surface area contributed by atoms with Crippen molar-refractivity contribution in [1.82, 2.24) is 10.6 Å². The Morgan fingerprint density at radius 1 is 1.33 bits per heavy atom. The fourth-order valence-electron chi connectivity index (χ4n) is 4.08. The second-order valence-electron chi connectivity index (χ2n) is 6.96. The van der Waals surface area contributed by atoms with Crippen molar-refractivity contribution in [2.75, 3.05) is 13.1 Å². The van der Waals surface area contributed by atoms with Crippen molar-refractivity contribution >= 4 is 0 Å². The lowest BCUT2D eigenvalue weighted by atomic mass is 9.87. The molecule has 2 heteroatoms. The molecule has 0 spiro atoms. The maximum absolute atomic E-state index is 3.59. The molecule has 0 aromatic rings. The van der Waals surface area contributed by atoms with E-state index in [0.29, 0.717) is 11.5 Å². The van der Waals surface area contributed by atoms with Crippen LogP contribution in [-0.4, -0.2) is 19.1 Å². The van der Waals surface area contributed by atoms with Crippen molar-refractivity contribution in [3.63, 3.8) is 0 Å². The predicted molar refractivity (Wildman–Crippen MR) is 76.0 cm³/mol. The van der Waals surface area contributed by atoms with E-state index in [1.807, 2.05) is 0 Å². The van der Waals surface area contributed by atoms with Crippen molar-refractivity contribution in [2.24, 2.45) is 17.3 Å². The summed E-state index contributed by atoms with van der Waals surface area (Å²) in [6.45, 7) is 11.9. The smallest absolute Gasteiger partial charge is 0.0264 e. The minimum absolute atomic E-state index is 0.517. The highest BCUT2D eigenvalue weighted by atomic mass is 15.0. The summed E-state index contributed by atoms with van der Waals surface area (Å²) in [5, 5.41) is 7.00. The van der Waals surface area contributed by atoms with Crippen molar-refractivity contribution < 1.29 is 0 Å². The van der Waals surface area contributed by atoms with E-state index >= 15 is 0 Å². The minimum atomic E-state index is 0.517. The van der Waals surface area contributed by atoms with E-state index in [0.717, 1.165) is 24.8 Å². The summed E-state index contributed by atoms with van der Waals surface area (Å²) in [5.74, 6) is 1.71. The fourth-order valence-corrected chi connectivity index (χ4v) is 4.08. The molecule has 0 aromatic heterocycles. The highest BCUT2D eigenvalue weighted by Gasteiger charge is 2.55. The van der Waals surface area contributed by atoms with E-state index in [2.05, 4.69) is 37.9 Å². The van der Waals surface area contributed by atoms with Crippen LogP contribution in [0.1, 0.15) is 46.5 Å². The molecule has 3 aliphatic rings. The minimum Gasteiger partial charge on any atom is -0.315 e. The quantitative estimate of drug-likeness (QED) is 0.747. The molecule has 0 aromatic carbocycles. The average molecular weight is 247 g/mol. The Morgan fingerprint density at radius 3 is 2.89 bits per heavy atom. The Kier molecular flexibility index (Phi) is 3.27. The lowest BCUT2D eigenvalue weighted by Crippen LogP contribution is -2.29. The molecule has 18 heavy (non-hydrogen) atoms. The summed E-state index contributed by atoms with van der Waals surface area (Å²) < 4.78 is 0. The van der Waals surface area contributed by atoms with Crippen LogP contribution in [0, 0.1) is 23.8 Å². The summed E-state index contributed by atoms with van der Waals surface area (Å²) in [6.07, 6.45) is 5.25. The van der Waals surface area contributed by atoms with Gasteiger partial charge in [-0.2, -0.15) is 0 Å². The van der Waals surface area contributed by atoms with Crippen molar-refractivity contribution in [2.45, 2.75) is 52.5 Å². The van der Waals surface area contributed by atoms with Gasteiger partial charge in [-0.3, -0.25) is 0 Å². The largest absolute Gasteiger partial charge is 0.315 e. The van der Waals surface area contributed by atoms with Gasteiger partial charge in [0.15, 0.2) is 0 Å². The summed E-state index contributed by atoms with van der Waals surface area (Å²) in [6, 6.07) is 0.664. The van der Waals surface area contributed by atoms with E-state index in [9.17, 15) is 0 Å². The number of hydrogen-bond donors (Lipinski definition) is 2. The predicted octanol–water partition coefficient (Wildman–Crippen LogP) is 2.87. The van der Waals surface area contributed by atoms with Gasteiger partial charge in [-0.25, -0.2) is 0 Å². The van der Waals surface area contributed by atoms with Crippen molar-refractivity contribution in [3.8, 4) is 0 Å². The van der Waals surface area contributed by atoms with Crippen LogP contribution in [0.25, 0.3) is 0 Å². The van der Waals surface area contributed by atoms with Gasteiger partial charge in [-0.05, 0) is 49.5 Å². The molecule has 3 unspecified atom stereocenters. The molecule has 3 atom stereocenters. The van der Waals surface area contributed by atoms with Crippen LogP contribution < -0.4 is 10.6 Å². The van der Waals surface area contributed by atoms with Gasteiger partial charge in [0.2, 0.25) is 0 Å². The van der Waals surface area contributed by atoms with E-state index < -0.39 is 0 Å². The molecule has 101 valence electrons. The van der Waals surface area contributed by atoms with Crippen molar-refractivity contribution in [1.29, 1.82) is 0 Å². The standard InChI is InChI=1S/C16H27N2/c1-11-4-5-14-15(16(14,2)3)13(11)7-9-18-12-6-8-17-10-12/h9,11-12,14,17-18H,4-8,10H2,1-3H3. The first-order valence-electron chi connectivity index (χ1n) is 7.62. The molecule has 2 N–H and O–H groups in total. The molecule has 1 saturated carbocycles. The van der Waals surface area contributed by atoms with Crippen molar-refractivity contribution in [3.05, 3.63) is 17.7 Å². The van der Waals surface area contributed by atoms with E-state index in [1.54, 1.807) is 11.1 Å². The van der Waals surface area contributed by atoms with Crippen LogP contribution in [0.2, 0.25) is 0 Å². The summed E-state index contributed by atoms with van der Waals surface area (Å²) in [4.78, 5) is 0. The topological polar surface area (TPSA) is 24.1 Å². The summed E-state index contributed by atoms with van der Waals surface area (Å²) >= 11 is 0. The highest BCUT2D eigenvalue weighted by Crippen LogP contribution is 2.65. The number of nitrogens with one attached hydrogen (secondary N) is 2. The third-order valence-electron chi connectivity index (χ3n) is 5.40. The first kappa shape index (κ1) is 12.7. The number of fused-ring (bicyclic) bond motifs is 1. The molecule has 1 saturated heterocycles. The molecule has 1 aliphatic heterocycles. The van der Waals surface area contributed by atoms with Gasteiger partial charge >= 0.3 is 0 Å². The lowest BCUT2D eigenvalue weighted by molar-refractivity contribution is 0.471. The summed E-state index contributed by atoms with van der Waals surface area (Å²) in [5.41, 5.74) is 4.06. The van der Waals surface area contributed by atoms with Gasteiger partial charge in [0, 0.05) is 19.1 Å². The zero-order chi connectivity index (χ0) is 12.8. The van der Waals surface area contributed by atoms with Gasteiger partial charge in [-0.1, -0.05) is 31.9 Å². The second-order valence-corrected chi connectivity index (χ2v) is 6.96. The molecule has 0 bridgehead atoms. The van der Waals surface area contributed by atoms with E-state index in [1.165, 1.54) is 25.8 Å². The fraction of sp³-hybridized carbons (Fsp3) is 0.812. The van der Waals surface area contributed by atoms with Gasteiger partial charge in [-0.15, -0.1) is 0 Å². The molecule has 2 fully saturated rings. The molecule has 2 nitrogen and oxygen atoms in total. The van der Waals surface area contributed by atoms with Crippen LogP contribution in [0.15, 0.2) is 11.1 Å². The van der Waals surface area contributed by atoms with Crippen LogP contribution in [0.5, 0.6) is 0 Å². The molecule has 1 radical (unpaired) electrons. The van der Waals surface area contributed by atoms with Crippen LogP contribution in [0.3, 0.4) is 0 Å². The SMILES string of the molecule is CC1CCC2C(=C1C[CH]NC1CCNC1)C2(C)C. The van der Waals surface area contributed by atoms with Gasteiger partial charge in [0.05, 0.1) is 0 Å². The summed E-state index contributed by atoms with van der Waals surface area (Å²) in [7, 11) is 0. The number of hydrogen-bond acceptors (Lipinski definition) is 2. The van der Waals surface area contributed by atoms with Crippen LogP contribution in [0.4, 0.5) is 0 Å². The Morgan fingerprint density at radius 2 is 2.17 bits per heavy atom. The Hall–Kier alpha value is -0.340. The monoisotopic (exact) mass is 247 g/mol. The first-order valence-corrected chi connectivity index (χ1v) is 7.62. The Bertz CT molecular complexity index is 350. The normalized spacial score (nSPS) is 37.8. The second kappa shape index (κ2) is 4.64. The molecule has 1 heterocycles. The van der Waals surface area contributed by atoms with Crippen LogP contribution >= 0.6 is 0 Å². The van der Waals surface area contributed by atoms with E-state index in [4.69, 9.17) is 0 Å². The van der Waals surface area contributed by atoms with Gasteiger partial charge < -0.3 is 10.6 Å². The zero-order valence-corrected chi connectivity index (χ0v) is 12.1. The van der Waals surface area contributed by atoms with E-state index in [-0.39, 0.29) is 0 Å². The Balaban J connectivity index is 1.57. The molecular formula is C16H27N2. The third kappa shape index (κ3) is 2.14. The maximum atomic E-state index is 3.59. The Labute approximate surface area is 112 Å². The maximum Gasteiger partial charge on any atom is 0.0264 e. The molecule has 2 aliphatic carbocycles. The number of allylic oxidation sites excluding steroid dienone is 1. The first-order chi connectivity index (χ1) is 8.60. The molecule has 0 amide bonds. The molecule has 3 rings (SSSR count). The third-order valence-corrected chi connectivity index (χ3v) is 5.40. The van der Waals surface area contributed by atoms with Crippen LogP contribution in [-0.2, 0) is 0 Å². The highest BCUT2D eigenvalue weighted by molar-refractivity contribution is 5.43. The van der Waals surface area contributed by atoms with Gasteiger partial charge in [0.25, 0.3) is 0 Å². The average Bonchev–Trinajstić information content (AvgIpc) is 2.73. The molecular weight excluding hydrogens is 220 g/mol. The number of rotatable bonds is 4. The van der Waals surface area contributed by atoms with Gasteiger partial charge in [0.1, 0.15) is 0 Å². The zero-order valence-electron chi connectivity index (χ0n) is 12.1. The lowest BCUT2D eigenvalue weighted by Gasteiger charge is -2.20.